The Hall–Kier alpha value is -1.93. The molecule has 170 valence electrons. The summed E-state index contributed by atoms with van der Waals surface area (Å²) < 4.78 is 7.18. The number of ether oxygens (including phenoxy) is 1. The number of nitrogens with zero attached hydrogens (tertiary/aromatic N) is 3. The molecule has 0 atom stereocenters. The van der Waals surface area contributed by atoms with Crippen LogP contribution in [0.3, 0.4) is 0 Å². The highest BCUT2D eigenvalue weighted by molar-refractivity contribution is 14.2. The molecule has 0 aliphatic heterocycles. The predicted molar refractivity (Wildman–Crippen MR) is 135 cm³/mol. The van der Waals surface area contributed by atoms with Gasteiger partial charge in [-0.2, -0.15) is 5.26 Å². The molecule has 0 bridgehead atoms. The Morgan fingerprint density at radius 2 is 2.00 bits per heavy atom. The van der Waals surface area contributed by atoms with Crippen molar-refractivity contribution >= 4 is 48.3 Å². The number of rotatable bonds is 8. The zero-order chi connectivity index (χ0) is 23.9. The second kappa shape index (κ2) is 11.6. The number of alkyl carbamates (subject to hydrolysis) is 1. The molecule has 0 fully saturated rings. The number of aromatic nitrogens is 1. The first-order valence-electron chi connectivity index (χ1n) is 9.92. The molecule has 0 aliphatic rings. The van der Waals surface area contributed by atoms with E-state index in [9.17, 15) is 14.9 Å². The van der Waals surface area contributed by atoms with E-state index in [1.54, 1.807) is 23.0 Å². The molecular formula is C22H31IN4O3S. The highest BCUT2D eigenvalue weighted by atomic mass is 127. The van der Waals surface area contributed by atoms with Gasteiger partial charge in [0.2, 0.25) is 5.78 Å². The molecule has 1 heterocycles. The molecule has 0 aliphatic carbocycles. The van der Waals surface area contributed by atoms with Gasteiger partial charge in [0.05, 0.1) is 5.69 Å². The maximum atomic E-state index is 13.1. The first-order valence-corrected chi connectivity index (χ1v) is 13.2. The lowest BCUT2D eigenvalue weighted by atomic mass is 10.1. The first-order chi connectivity index (χ1) is 14.3. The minimum atomic E-state index is -0.606. The van der Waals surface area contributed by atoms with E-state index in [0.29, 0.717) is 17.8 Å². The molecule has 1 aromatic heterocycles. The summed E-state index contributed by atoms with van der Waals surface area (Å²) in [6.07, 6.45) is 3.55. The molecule has 0 unspecified atom stereocenters. The summed E-state index contributed by atoms with van der Waals surface area (Å²) in [4.78, 5) is 27.1. The van der Waals surface area contributed by atoms with Crippen LogP contribution in [0.2, 0.25) is 0 Å². The van der Waals surface area contributed by atoms with E-state index in [1.165, 1.54) is 15.3 Å². The number of carbonyl (C=O) groups excluding carboxylic acids is 2. The third-order valence-electron chi connectivity index (χ3n) is 4.07. The topological polar surface area (TPSA) is 87.4 Å². The molecule has 1 N–H and O–H groups in total. The van der Waals surface area contributed by atoms with Crippen molar-refractivity contribution in [3.05, 3.63) is 40.5 Å². The summed E-state index contributed by atoms with van der Waals surface area (Å²) in [6, 6.07) is 3.80. The van der Waals surface area contributed by atoms with Crippen molar-refractivity contribution in [1.82, 2.24) is 14.2 Å². The summed E-state index contributed by atoms with van der Waals surface area (Å²) in [5.41, 5.74) is 2.29. The lowest BCUT2D eigenvalue weighted by Gasteiger charge is -2.21. The van der Waals surface area contributed by atoms with Crippen LogP contribution in [-0.2, 0) is 11.2 Å². The fourth-order valence-electron chi connectivity index (χ4n) is 2.67. The van der Waals surface area contributed by atoms with Crippen molar-refractivity contribution in [2.45, 2.75) is 53.6 Å². The summed E-state index contributed by atoms with van der Waals surface area (Å²) in [7, 11) is 4.87. The zero-order valence-corrected chi connectivity index (χ0v) is 22.3. The van der Waals surface area contributed by atoms with E-state index < -0.39 is 11.7 Å². The second-order valence-corrected chi connectivity index (χ2v) is 10.2. The minimum absolute atomic E-state index is 0.0160. The minimum Gasteiger partial charge on any atom is -0.444 e. The second-order valence-electron chi connectivity index (χ2n) is 8.49. The number of aryl methyl sites for hydroxylation is 1. The maximum absolute atomic E-state index is 13.1. The average molecular weight is 558 g/mol. The molecule has 0 saturated heterocycles. The van der Waals surface area contributed by atoms with Crippen molar-refractivity contribution in [3.63, 3.8) is 0 Å². The van der Waals surface area contributed by atoms with Gasteiger partial charge in [-0.05, 0) is 50.8 Å². The number of hydrogen-bond acceptors (Lipinski definition) is 6. The molecule has 1 rings (SSSR count). The molecule has 7 nitrogen and oxygen atoms in total. The molecule has 0 aromatic carbocycles. The summed E-state index contributed by atoms with van der Waals surface area (Å²) in [6.45, 7) is 11.4. The molecule has 0 radical (unpaired) electrons. The summed E-state index contributed by atoms with van der Waals surface area (Å²) in [5, 5.41) is 12.3. The Balaban J connectivity index is 3.52. The van der Waals surface area contributed by atoms with E-state index in [0.717, 1.165) is 11.3 Å². The Labute approximate surface area is 201 Å². The Kier molecular flexibility index (Phi) is 10.2. The zero-order valence-electron chi connectivity index (χ0n) is 19.4. The lowest BCUT2D eigenvalue weighted by Crippen LogP contribution is -2.33. The van der Waals surface area contributed by atoms with E-state index in [4.69, 9.17) is 4.74 Å². The highest BCUT2D eigenvalue weighted by Crippen LogP contribution is 2.30. The van der Waals surface area contributed by atoms with Gasteiger partial charge in [0.25, 0.3) is 0 Å². The van der Waals surface area contributed by atoms with E-state index in [1.807, 2.05) is 59.8 Å². The van der Waals surface area contributed by atoms with E-state index >= 15 is 0 Å². The number of hydrogen-bond donors (Lipinski definition) is 1. The number of nitrogens with one attached hydrogen (secondary N) is 1. The highest BCUT2D eigenvalue weighted by Gasteiger charge is 2.23. The van der Waals surface area contributed by atoms with Gasteiger partial charge in [-0.1, -0.05) is 20.8 Å². The Morgan fingerprint density at radius 3 is 2.42 bits per heavy atom. The van der Waals surface area contributed by atoms with Crippen molar-refractivity contribution in [2.24, 2.45) is 5.92 Å². The normalized spacial score (nSPS) is 12.5. The standard InChI is InChI=1S/C22H31IN4O3S/c1-9-15-10-19(20(28)16(12-24)13-26(7)8)27(31-23)18(15)11-17(14(2)3)25-21(29)30-22(4,5)6/h10-11,13-14H,9H2,1-8H3,(H,25,29)/b16-13+,17-11+. The van der Waals surface area contributed by atoms with Gasteiger partial charge < -0.3 is 9.64 Å². The van der Waals surface area contributed by atoms with Gasteiger partial charge in [0, 0.05) is 56.3 Å². The molecule has 1 amide bonds. The third-order valence-corrected chi connectivity index (χ3v) is 5.79. The smallest absolute Gasteiger partial charge is 0.411 e. The first kappa shape index (κ1) is 27.1. The van der Waals surface area contributed by atoms with Gasteiger partial charge in [-0.25, -0.2) is 4.79 Å². The van der Waals surface area contributed by atoms with Crippen LogP contribution in [0.1, 0.15) is 63.3 Å². The van der Waals surface area contributed by atoms with Crippen LogP contribution in [-0.4, -0.2) is 40.4 Å². The maximum Gasteiger partial charge on any atom is 0.411 e. The molecule has 0 spiro atoms. The van der Waals surface area contributed by atoms with Crippen LogP contribution in [0, 0.1) is 17.2 Å². The molecule has 31 heavy (non-hydrogen) atoms. The Bertz CT molecular complexity index is 918. The van der Waals surface area contributed by atoms with Crippen LogP contribution in [0.4, 0.5) is 4.79 Å². The molecule has 0 saturated carbocycles. The summed E-state index contributed by atoms with van der Waals surface area (Å²) in [5.74, 6) is -0.330. The molecular weight excluding hydrogens is 527 g/mol. The van der Waals surface area contributed by atoms with Crippen LogP contribution in [0.15, 0.2) is 23.5 Å². The quantitative estimate of drug-likeness (QED) is 0.194. The summed E-state index contributed by atoms with van der Waals surface area (Å²) >= 11 is 2.11. The predicted octanol–water partition coefficient (Wildman–Crippen LogP) is 5.57. The fourth-order valence-corrected chi connectivity index (χ4v) is 4.40. The lowest BCUT2D eigenvalue weighted by molar-refractivity contribution is 0.0541. The van der Waals surface area contributed by atoms with Gasteiger partial charge >= 0.3 is 6.09 Å². The number of halogens is 1. The number of allylic oxidation sites excluding steroid dienone is 2. The van der Waals surface area contributed by atoms with E-state index in [-0.39, 0.29) is 17.3 Å². The number of ketones is 1. The van der Waals surface area contributed by atoms with Gasteiger partial charge in [0.1, 0.15) is 22.9 Å². The van der Waals surface area contributed by atoms with Crippen LogP contribution >= 0.6 is 30.3 Å². The number of amides is 1. The van der Waals surface area contributed by atoms with Crippen LogP contribution in [0.25, 0.3) is 6.08 Å². The van der Waals surface area contributed by atoms with E-state index in [2.05, 4.69) is 26.5 Å². The van der Waals surface area contributed by atoms with Gasteiger partial charge in [-0.15, -0.1) is 0 Å². The van der Waals surface area contributed by atoms with Crippen molar-refractivity contribution < 1.29 is 14.3 Å². The largest absolute Gasteiger partial charge is 0.444 e. The van der Waals surface area contributed by atoms with Gasteiger partial charge in [0.15, 0.2) is 0 Å². The van der Waals surface area contributed by atoms with Crippen molar-refractivity contribution in [3.8, 4) is 6.07 Å². The number of nitriles is 1. The number of carbonyl (C=O) groups is 2. The van der Waals surface area contributed by atoms with Crippen LogP contribution in [0.5, 0.6) is 0 Å². The molecule has 9 heteroatoms. The van der Waals surface area contributed by atoms with Crippen molar-refractivity contribution in [2.75, 3.05) is 14.1 Å². The Morgan fingerprint density at radius 1 is 1.39 bits per heavy atom. The number of Topliss-reactive ketones (excluding diaryl/α,β-unsaturated/α-hetero) is 1. The average Bonchev–Trinajstić information content (AvgIpc) is 3.00. The monoisotopic (exact) mass is 558 g/mol. The van der Waals surface area contributed by atoms with Crippen molar-refractivity contribution in [1.29, 1.82) is 5.26 Å². The third kappa shape index (κ3) is 7.92. The van der Waals surface area contributed by atoms with Crippen LogP contribution < -0.4 is 5.32 Å². The molecule has 1 aromatic rings. The van der Waals surface area contributed by atoms with Gasteiger partial charge in [-0.3, -0.25) is 14.1 Å². The SMILES string of the molecule is CCc1cc(C(=O)/C(C#N)=C/N(C)C)n(SI)c1/C=C(/NC(=O)OC(C)(C)C)C(C)C. The fraction of sp³-hybridized carbons (Fsp3) is 0.500.